The quantitative estimate of drug-likeness (QED) is 0.609. The summed E-state index contributed by atoms with van der Waals surface area (Å²) in [6.45, 7) is 1.29. The first-order valence-corrected chi connectivity index (χ1v) is 2.73. The van der Waals surface area contributed by atoms with Crippen LogP contribution in [0.5, 0.6) is 5.75 Å². The smallest absolute Gasteiger partial charge is 0.416 e. The van der Waals surface area contributed by atoms with Crippen molar-refractivity contribution in [1.82, 2.24) is 0 Å². The third kappa shape index (κ3) is 1.25. The minimum Gasteiger partial charge on any atom is -0.416 e. The van der Waals surface area contributed by atoms with Crippen LogP contribution in [0.2, 0.25) is 0 Å². The average molecular weight is 136 g/mol. The molecule has 0 unspecified atom stereocenters. The van der Waals surface area contributed by atoms with E-state index in [9.17, 15) is 4.79 Å². The van der Waals surface area contributed by atoms with Crippen LogP contribution in [0, 0.1) is 0 Å². The fourth-order valence-corrected chi connectivity index (χ4v) is 0.618. The molecular weight excluding hydrogens is 130 g/mol. The monoisotopic (exact) mass is 136 g/mol. The molecule has 0 aliphatic carbocycles. The van der Waals surface area contributed by atoms with Crippen LogP contribution in [0.1, 0.15) is 0 Å². The second-order valence-electron chi connectivity index (χ2n) is 1.72. The first-order chi connectivity index (χ1) is 4.84. The summed E-state index contributed by atoms with van der Waals surface area (Å²) in [5.41, 5.74) is 5.84. The molecule has 0 amide bonds. The highest BCUT2D eigenvalue weighted by Gasteiger charge is 1.95. The summed E-state index contributed by atoms with van der Waals surface area (Å²) in [6.07, 6.45) is 0. The SMILES string of the molecule is Nc1ccccc1O[C]=O. The van der Waals surface area contributed by atoms with Gasteiger partial charge in [-0.15, -0.1) is 0 Å². The Bertz CT molecular complexity index is 235. The van der Waals surface area contributed by atoms with Gasteiger partial charge in [0.25, 0.3) is 0 Å². The number of anilines is 1. The van der Waals surface area contributed by atoms with Crippen molar-refractivity contribution in [2.75, 3.05) is 5.73 Å². The molecule has 3 nitrogen and oxygen atoms in total. The molecule has 1 radical (unpaired) electrons. The van der Waals surface area contributed by atoms with Crippen LogP contribution in [0.3, 0.4) is 0 Å². The molecule has 1 aromatic carbocycles. The number of rotatable bonds is 2. The van der Waals surface area contributed by atoms with E-state index in [0.717, 1.165) is 0 Å². The van der Waals surface area contributed by atoms with E-state index in [0.29, 0.717) is 11.4 Å². The Morgan fingerprint density at radius 1 is 1.40 bits per heavy atom. The van der Waals surface area contributed by atoms with Crippen LogP contribution < -0.4 is 10.5 Å². The van der Waals surface area contributed by atoms with Crippen molar-refractivity contribution in [1.29, 1.82) is 0 Å². The van der Waals surface area contributed by atoms with Crippen LogP contribution in [-0.4, -0.2) is 6.47 Å². The van der Waals surface area contributed by atoms with Crippen LogP contribution >= 0.6 is 0 Å². The Morgan fingerprint density at radius 3 is 2.70 bits per heavy atom. The predicted octanol–water partition coefficient (Wildman–Crippen LogP) is 0.715. The number of benzene rings is 1. The van der Waals surface area contributed by atoms with E-state index >= 15 is 0 Å². The number of hydrogen-bond donors (Lipinski definition) is 1. The van der Waals surface area contributed by atoms with E-state index in [2.05, 4.69) is 4.74 Å². The fourth-order valence-electron chi connectivity index (χ4n) is 0.618. The molecule has 0 heterocycles. The van der Waals surface area contributed by atoms with Crippen LogP contribution in [-0.2, 0) is 4.79 Å². The van der Waals surface area contributed by atoms with Gasteiger partial charge in [0.1, 0.15) is 0 Å². The highest BCUT2D eigenvalue weighted by atomic mass is 16.5. The Kier molecular flexibility index (Phi) is 1.89. The molecule has 0 aromatic heterocycles. The van der Waals surface area contributed by atoms with E-state index in [-0.39, 0.29) is 0 Å². The highest BCUT2D eigenvalue weighted by Crippen LogP contribution is 2.18. The van der Waals surface area contributed by atoms with Gasteiger partial charge >= 0.3 is 6.47 Å². The summed E-state index contributed by atoms with van der Waals surface area (Å²) in [5.74, 6) is 0.345. The molecule has 0 saturated carbocycles. The van der Waals surface area contributed by atoms with Crippen LogP contribution in [0.4, 0.5) is 5.69 Å². The minimum atomic E-state index is 0.345. The molecule has 0 atom stereocenters. The summed E-state index contributed by atoms with van der Waals surface area (Å²) in [6, 6.07) is 6.73. The van der Waals surface area contributed by atoms with Gasteiger partial charge < -0.3 is 10.5 Å². The van der Waals surface area contributed by atoms with E-state index in [1.54, 1.807) is 24.3 Å². The zero-order chi connectivity index (χ0) is 7.40. The lowest BCUT2D eigenvalue weighted by molar-refractivity contribution is 0.444. The van der Waals surface area contributed by atoms with Gasteiger partial charge in [-0.25, -0.2) is 4.79 Å². The maximum absolute atomic E-state index is 9.72. The van der Waals surface area contributed by atoms with E-state index in [1.807, 2.05) is 0 Å². The Balaban J connectivity index is 2.91. The van der Waals surface area contributed by atoms with Crippen molar-refractivity contribution < 1.29 is 9.53 Å². The number of nitrogen functional groups attached to an aromatic ring is 1. The molecular formula is C7H6NO2. The zero-order valence-corrected chi connectivity index (χ0v) is 5.20. The standard InChI is InChI=1S/C7H6NO2/c8-6-3-1-2-4-7(6)10-5-9/h1-4H,8H2. The predicted molar refractivity (Wildman–Crippen MR) is 37.2 cm³/mol. The normalized spacial score (nSPS) is 8.80. The summed E-state index contributed by atoms with van der Waals surface area (Å²) in [4.78, 5) is 9.72. The summed E-state index contributed by atoms with van der Waals surface area (Å²) in [5, 5.41) is 0. The van der Waals surface area contributed by atoms with Crippen LogP contribution in [0.25, 0.3) is 0 Å². The molecule has 10 heavy (non-hydrogen) atoms. The van der Waals surface area contributed by atoms with Gasteiger partial charge in [-0.3, -0.25) is 0 Å². The molecule has 1 aromatic rings. The van der Waals surface area contributed by atoms with Gasteiger partial charge in [0, 0.05) is 0 Å². The van der Waals surface area contributed by atoms with Gasteiger partial charge in [0.15, 0.2) is 5.75 Å². The topological polar surface area (TPSA) is 52.3 Å². The Morgan fingerprint density at radius 2 is 2.10 bits per heavy atom. The lowest BCUT2D eigenvalue weighted by atomic mass is 10.3. The molecule has 1 rings (SSSR count). The fraction of sp³-hybridized carbons (Fsp3) is 0. The molecule has 0 aliphatic rings. The van der Waals surface area contributed by atoms with Crippen molar-refractivity contribution in [3.05, 3.63) is 24.3 Å². The molecule has 2 N–H and O–H groups in total. The van der Waals surface area contributed by atoms with Gasteiger partial charge in [-0.1, -0.05) is 12.1 Å². The number of carbonyl (C=O) groups excluding carboxylic acids is 1. The van der Waals surface area contributed by atoms with Crippen molar-refractivity contribution in [2.24, 2.45) is 0 Å². The second-order valence-corrected chi connectivity index (χ2v) is 1.72. The molecule has 51 valence electrons. The molecule has 0 saturated heterocycles. The minimum absolute atomic E-state index is 0.345. The van der Waals surface area contributed by atoms with Crippen molar-refractivity contribution in [2.45, 2.75) is 0 Å². The van der Waals surface area contributed by atoms with Crippen molar-refractivity contribution >= 4 is 12.2 Å². The van der Waals surface area contributed by atoms with Gasteiger partial charge in [-0.2, -0.15) is 0 Å². The average Bonchev–Trinajstić information content (AvgIpc) is 1.94. The van der Waals surface area contributed by atoms with Crippen molar-refractivity contribution in [3.8, 4) is 5.75 Å². The molecule has 3 heteroatoms. The summed E-state index contributed by atoms with van der Waals surface area (Å²) >= 11 is 0. The number of para-hydroxylation sites is 2. The van der Waals surface area contributed by atoms with Gasteiger partial charge in [-0.05, 0) is 12.1 Å². The zero-order valence-electron chi connectivity index (χ0n) is 5.20. The lowest BCUT2D eigenvalue weighted by Gasteiger charge is -1.98. The van der Waals surface area contributed by atoms with E-state index in [4.69, 9.17) is 5.73 Å². The van der Waals surface area contributed by atoms with Crippen LogP contribution in [0.15, 0.2) is 24.3 Å². The van der Waals surface area contributed by atoms with E-state index in [1.165, 1.54) is 6.47 Å². The van der Waals surface area contributed by atoms with Gasteiger partial charge in [0.05, 0.1) is 5.69 Å². The number of hydrogen-bond acceptors (Lipinski definition) is 3. The largest absolute Gasteiger partial charge is 0.423 e. The first kappa shape index (κ1) is 6.61. The molecule has 0 aliphatic heterocycles. The first-order valence-electron chi connectivity index (χ1n) is 2.73. The van der Waals surface area contributed by atoms with E-state index < -0.39 is 0 Å². The van der Waals surface area contributed by atoms with Gasteiger partial charge in [0.2, 0.25) is 0 Å². The maximum Gasteiger partial charge on any atom is 0.423 e. The Hall–Kier alpha value is -1.51. The second kappa shape index (κ2) is 2.87. The van der Waals surface area contributed by atoms with Crippen molar-refractivity contribution in [3.63, 3.8) is 0 Å². The molecule has 0 spiro atoms. The molecule has 0 bridgehead atoms. The lowest BCUT2D eigenvalue weighted by Crippen LogP contribution is -1.93. The number of ether oxygens (including phenoxy) is 1. The Labute approximate surface area is 58.4 Å². The maximum atomic E-state index is 9.72. The summed E-state index contributed by atoms with van der Waals surface area (Å²) in [7, 11) is 0. The molecule has 0 fully saturated rings. The highest BCUT2D eigenvalue weighted by molar-refractivity contribution is 5.57. The number of nitrogens with two attached hydrogens (primary N) is 1. The third-order valence-corrected chi connectivity index (χ3v) is 1.07. The third-order valence-electron chi connectivity index (χ3n) is 1.07. The summed E-state index contributed by atoms with van der Waals surface area (Å²) < 4.78 is 4.41.